The van der Waals surface area contributed by atoms with Crippen molar-refractivity contribution in [3.8, 4) is 5.75 Å². The zero-order valence-electron chi connectivity index (χ0n) is 12.4. The van der Waals surface area contributed by atoms with Crippen molar-refractivity contribution in [1.82, 2.24) is 5.32 Å². The molecule has 1 aromatic carbocycles. The summed E-state index contributed by atoms with van der Waals surface area (Å²) < 4.78 is 5.03. The third-order valence-corrected chi connectivity index (χ3v) is 3.69. The number of carbonyl (C=O) groups is 2. The molecule has 0 heterocycles. The van der Waals surface area contributed by atoms with Gasteiger partial charge in [-0.05, 0) is 30.5 Å². The highest BCUT2D eigenvalue weighted by atomic mass is 35.5. The summed E-state index contributed by atoms with van der Waals surface area (Å²) in [4.78, 5) is 23.5. The van der Waals surface area contributed by atoms with Gasteiger partial charge in [-0.25, -0.2) is 4.79 Å². The quantitative estimate of drug-likeness (QED) is 0.811. The molecule has 0 aliphatic rings. The Bertz CT molecular complexity index is 514. The maximum atomic E-state index is 12.1. The summed E-state index contributed by atoms with van der Waals surface area (Å²) in [5.74, 6) is -1.13. The Kier molecular flexibility index (Phi) is 6.49. The smallest absolute Gasteiger partial charge is 0.330 e. The van der Waals surface area contributed by atoms with Gasteiger partial charge < -0.3 is 15.2 Å². The largest absolute Gasteiger partial charge is 0.495 e. The van der Waals surface area contributed by atoms with Gasteiger partial charge in [0.25, 0.3) is 0 Å². The van der Waals surface area contributed by atoms with Crippen molar-refractivity contribution in [2.24, 2.45) is 5.92 Å². The second kappa shape index (κ2) is 7.88. The molecule has 0 spiro atoms. The van der Waals surface area contributed by atoms with Crippen molar-refractivity contribution < 1.29 is 19.4 Å². The third kappa shape index (κ3) is 4.36. The lowest BCUT2D eigenvalue weighted by Gasteiger charge is -2.19. The van der Waals surface area contributed by atoms with Crippen LogP contribution >= 0.6 is 11.6 Å². The van der Waals surface area contributed by atoms with Crippen molar-refractivity contribution in [2.75, 3.05) is 7.11 Å². The maximum absolute atomic E-state index is 12.1. The molecule has 1 amide bonds. The van der Waals surface area contributed by atoms with E-state index in [9.17, 15) is 14.7 Å². The molecule has 21 heavy (non-hydrogen) atoms. The van der Waals surface area contributed by atoms with Crippen molar-refractivity contribution in [1.29, 1.82) is 0 Å². The molecule has 116 valence electrons. The number of aliphatic carboxylic acids is 1. The molecule has 0 aromatic heterocycles. The van der Waals surface area contributed by atoms with Gasteiger partial charge in [0.05, 0.1) is 12.1 Å². The van der Waals surface area contributed by atoms with Crippen molar-refractivity contribution in [3.63, 3.8) is 0 Å². The number of hydrogen-bond donors (Lipinski definition) is 2. The average molecular weight is 314 g/mol. The van der Waals surface area contributed by atoms with Gasteiger partial charge >= 0.3 is 5.97 Å². The molecule has 0 saturated carbocycles. The first-order chi connectivity index (χ1) is 9.94. The van der Waals surface area contributed by atoms with Gasteiger partial charge in [-0.1, -0.05) is 31.5 Å². The standard InChI is InChI=1S/C15H20ClNO4/c1-4-9(5-2)14(18)17-13(15(19)20)10-6-7-12(21-3)11(16)8-10/h6-9,13H,4-5H2,1-3H3,(H,17,18)(H,19,20). The van der Waals surface area contributed by atoms with Crippen LogP contribution in [0.4, 0.5) is 0 Å². The fraction of sp³-hybridized carbons (Fsp3) is 0.467. The first-order valence-electron chi connectivity index (χ1n) is 6.81. The summed E-state index contributed by atoms with van der Waals surface area (Å²) in [5.41, 5.74) is 0.410. The number of hydrogen-bond acceptors (Lipinski definition) is 3. The number of methoxy groups -OCH3 is 1. The summed E-state index contributed by atoms with van der Waals surface area (Å²) in [5, 5.41) is 12.2. The van der Waals surface area contributed by atoms with Crippen LogP contribution in [0.2, 0.25) is 5.02 Å². The molecule has 0 radical (unpaired) electrons. The van der Waals surface area contributed by atoms with Crippen LogP contribution in [0.5, 0.6) is 5.75 Å². The van der Waals surface area contributed by atoms with E-state index >= 15 is 0 Å². The number of carboxylic acids is 1. The van der Waals surface area contributed by atoms with Gasteiger partial charge in [-0.3, -0.25) is 4.79 Å². The van der Waals surface area contributed by atoms with Crippen molar-refractivity contribution in [2.45, 2.75) is 32.7 Å². The molecule has 0 aliphatic carbocycles. The number of halogens is 1. The second-order valence-electron chi connectivity index (χ2n) is 4.69. The minimum Gasteiger partial charge on any atom is -0.495 e. The van der Waals surface area contributed by atoms with Crippen LogP contribution in [0.25, 0.3) is 0 Å². The average Bonchev–Trinajstić information content (AvgIpc) is 2.45. The fourth-order valence-electron chi connectivity index (χ4n) is 2.07. The first-order valence-corrected chi connectivity index (χ1v) is 7.18. The minimum atomic E-state index is -1.13. The second-order valence-corrected chi connectivity index (χ2v) is 5.09. The number of rotatable bonds is 7. The molecule has 1 atom stereocenters. The summed E-state index contributed by atoms with van der Waals surface area (Å²) in [6.07, 6.45) is 1.33. The van der Waals surface area contributed by atoms with Crippen LogP contribution in [0.3, 0.4) is 0 Å². The first kappa shape index (κ1) is 17.3. The molecule has 0 saturated heterocycles. The molecular formula is C15H20ClNO4. The number of nitrogens with one attached hydrogen (secondary N) is 1. The van der Waals surface area contributed by atoms with E-state index in [0.29, 0.717) is 29.2 Å². The van der Waals surface area contributed by atoms with Gasteiger partial charge in [0.1, 0.15) is 5.75 Å². The molecule has 1 rings (SSSR count). The molecule has 2 N–H and O–H groups in total. The zero-order chi connectivity index (χ0) is 16.0. The van der Waals surface area contributed by atoms with Crippen LogP contribution in [0.15, 0.2) is 18.2 Å². The molecule has 0 fully saturated rings. The number of carbonyl (C=O) groups excluding carboxylic acids is 1. The summed E-state index contributed by atoms with van der Waals surface area (Å²) in [7, 11) is 1.48. The predicted molar refractivity (Wildman–Crippen MR) is 80.6 cm³/mol. The van der Waals surface area contributed by atoms with Gasteiger partial charge in [0, 0.05) is 5.92 Å². The monoisotopic (exact) mass is 313 g/mol. The van der Waals surface area contributed by atoms with E-state index in [4.69, 9.17) is 16.3 Å². The molecular weight excluding hydrogens is 294 g/mol. The summed E-state index contributed by atoms with van der Waals surface area (Å²) in [6.45, 7) is 3.79. The lowest BCUT2D eigenvalue weighted by Crippen LogP contribution is -2.37. The van der Waals surface area contributed by atoms with Crippen molar-refractivity contribution >= 4 is 23.5 Å². The lowest BCUT2D eigenvalue weighted by molar-refractivity contribution is -0.142. The van der Waals surface area contributed by atoms with E-state index < -0.39 is 12.0 Å². The SMILES string of the molecule is CCC(CC)C(=O)NC(C(=O)O)c1ccc(OC)c(Cl)c1. The topological polar surface area (TPSA) is 75.6 Å². The van der Waals surface area contributed by atoms with Gasteiger partial charge in [-0.2, -0.15) is 0 Å². The Morgan fingerprint density at radius 1 is 1.33 bits per heavy atom. The number of carboxylic acid groups (broad SMARTS) is 1. The van der Waals surface area contributed by atoms with E-state index in [1.807, 2.05) is 13.8 Å². The van der Waals surface area contributed by atoms with E-state index in [0.717, 1.165) is 0 Å². The predicted octanol–water partition coefficient (Wildman–Crippen LogP) is 3.03. The van der Waals surface area contributed by atoms with E-state index in [-0.39, 0.29) is 11.8 Å². The summed E-state index contributed by atoms with van der Waals surface area (Å²) in [6, 6.07) is 3.53. The lowest BCUT2D eigenvalue weighted by atomic mass is 10.0. The van der Waals surface area contributed by atoms with Crippen LogP contribution in [-0.4, -0.2) is 24.1 Å². The Morgan fingerprint density at radius 2 is 1.95 bits per heavy atom. The maximum Gasteiger partial charge on any atom is 0.330 e. The van der Waals surface area contributed by atoms with Crippen LogP contribution in [0, 0.1) is 5.92 Å². The minimum absolute atomic E-state index is 0.194. The molecule has 0 bridgehead atoms. The van der Waals surface area contributed by atoms with Crippen LogP contribution < -0.4 is 10.1 Å². The number of amides is 1. The van der Waals surface area contributed by atoms with Gasteiger partial charge in [0.15, 0.2) is 6.04 Å². The van der Waals surface area contributed by atoms with E-state index in [1.165, 1.54) is 13.2 Å². The summed E-state index contributed by atoms with van der Waals surface area (Å²) >= 11 is 6.00. The fourth-order valence-corrected chi connectivity index (χ4v) is 2.34. The van der Waals surface area contributed by atoms with E-state index in [2.05, 4.69) is 5.32 Å². The number of ether oxygens (including phenoxy) is 1. The normalized spacial score (nSPS) is 12.0. The highest BCUT2D eigenvalue weighted by Crippen LogP contribution is 2.28. The molecule has 1 unspecified atom stereocenters. The molecule has 5 nitrogen and oxygen atoms in total. The zero-order valence-corrected chi connectivity index (χ0v) is 13.1. The molecule has 6 heteroatoms. The van der Waals surface area contributed by atoms with Gasteiger partial charge in [0.2, 0.25) is 5.91 Å². The van der Waals surface area contributed by atoms with Crippen molar-refractivity contribution in [3.05, 3.63) is 28.8 Å². The third-order valence-electron chi connectivity index (χ3n) is 3.40. The highest BCUT2D eigenvalue weighted by molar-refractivity contribution is 6.32. The number of benzene rings is 1. The van der Waals surface area contributed by atoms with Crippen LogP contribution in [-0.2, 0) is 9.59 Å². The molecule has 1 aromatic rings. The van der Waals surface area contributed by atoms with E-state index in [1.54, 1.807) is 12.1 Å². The Balaban J connectivity index is 3.00. The Hall–Kier alpha value is -1.75. The molecule has 0 aliphatic heterocycles. The van der Waals surface area contributed by atoms with Crippen LogP contribution in [0.1, 0.15) is 38.3 Å². The Labute approximate surface area is 129 Å². The highest BCUT2D eigenvalue weighted by Gasteiger charge is 2.25. The Morgan fingerprint density at radius 3 is 2.38 bits per heavy atom. The van der Waals surface area contributed by atoms with Gasteiger partial charge in [-0.15, -0.1) is 0 Å².